The van der Waals surface area contributed by atoms with Crippen LogP contribution in [0.15, 0.2) is 30.3 Å². The molecule has 2 aromatic rings. The zero-order valence-corrected chi connectivity index (χ0v) is 13.2. The largest absolute Gasteiger partial charge is 0.113 e. The first kappa shape index (κ1) is 14.4. The van der Waals surface area contributed by atoms with Crippen molar-refractivity contribution in [2.75, 3.05) is 0 Å². The second kappa shape index (κ2) is 5.56. The van der Waals surface area contributed by atoms with Gasteiger partial charge in [0.05, 0.1) is 5.38 Å². The van der Waals surface area contributed by atoms with E-state index >= 15 is 0 Å². The molecule has 0 bridgehead atoms. The van der Waals surface area contributed by atoms with Crippen molar-refractivity contribution < 1.29 is 0 Å². The van der Waals surface area contributed by atoms with Crippen molar-refractivity contribution in [3.8, 4) is 0 Å². The number of benzene rings is 2. The van der Waals surface area contributed by atoms with E-state index in [2.05, 4.69) is 52.0 Å². The normalized spacial score (nSPS) is 12.5. The highest BCUT2D eigenvalue weighted by molar-refractivity contribution is 6.33. The molecule has 0 saturated carbocycles. The maximum atomic E-state index is 6.63. The van der Waals surface area contributed by atoms with Gasteiger partial charge in [-0.2, -0.15) is 0 Å². The molecule has 0 saturated heterocycles. The molecular weight excluding hydrogens is 275 g/mol. The maximum Gasteiger partial charge on any atom is 0.0852 e. The molecule has 0 spiro atoms. The fourth-order valence-electron chi connectivity index (χ4n) is 2.28. The topological polar surface area (TPSA) is 0 Å². The molecular formula is C17H18Cl2. The second-order valence-electron chi connectivity index (χ2n) is 5.18. The third-order valence-corrected chi connectivity index (χ3v) is 4.38. The van der Waals surface area contributed by atoms with Gasteiger partial charge in [0.2, 0.25) is 0 Å². The highest BCUT2D eigenvalue weighted by atomic mass is 35.5. The Bertz CT molecular complexity index is 615. The maximum absolute atomic E-state index is 6.63. The third-order valence-electron chi connectivity index (χ3n) is 3.58. The number of hydrogen-bond donors (Lipinski definition) is 0. The molecule has 0 N–H and O–H groups in total. The molecule has 0 radical (unpaired) electrons. The molecule has 100 valence electrons. The summed E-state index contributed by atoms with van der Waals surface area (Å²) in [7, 11) is 0. The molecule has 1 atom stereocenters. The molecule has 1 unspecified atom stereocenters. The summed E-state index contributed by atoms with van der Waals surface area (Å²) in [6, 6.07) is 10.4. The molecule has 0 aromatic heterocycles. The first-order valence-electron chi connectivity index (χ1n) is 6.38. The minimum Gasteiger partial charge on any atom is -0.113 e. The van der Waals surface area contributed by atoms with Crippen molar-refractivity contribution in [1.82, 2.24) is 0 Å². The van der Waals surface area contributed by atoms with Crippen LogP contribution in [0, 0.1) is 27.7 Å². The predicted octanol–water partition coefficient (Wildman–Crippen LogP) is 5.90. The van der Waals surface area contributed by atoms with Crippen molar-refractivity contribution in [3.05, 3.63) is 68.7 Å². The first-order chi connectivity index (χ1) is 8.90. The molecule has 0 aliphatic carbocycles. The Morgan fingerprint density at radius 2 is 1.42 bits per heavy atom. The average molecular weight is 293 g/mol. The lowest BCUT2D eigenvalue weighted by atomic mass is 9.96. The van der Waals surface area contributed by atoms with E-state index in [4.69, 9.17) is 23.2 Å². The van der Waals surface area contributed by atoms with Crippen LogP contribution in [0.4, 0.5) is 0 Å². The summed E-state index contributed by atoms with van der Waals surface area (Å²) in [5.41, 5.74) is 6.97. The van der Waals surface area contributed by atoms with Crippen molar-refractivity contribution in [2.45, 2.75) is 33.1 Å². The molecule has 0 aliphatic heterocycles. The lowest BCUT2D eigenvalue weighted by Crippen LogP contribution is -1.99. The highest BCUT2D eigenvalue weighted by Crippen LogP contribution is 2.36. The van der Waals surface area contributed by atoms with E-state index in [-0.39, 0.29) is 5.38 Å². The smallest absolute Gasteiger partial charge is 0.0852 e. The van der Waals surface area contributed by atoms with Gasteiger partial charge in [-0.25, -0.2) is 0 Å². The fourth-order valence-corrected chi connectivity index (χ4v) is 3.08. The third kappa shape index (κ3) is 2.96. The van der Waals surface area contributed by atoms with E-state index in [1.54, 1.807) is 0 Å². The number of hydrogen-bond acceptors (Lipinski definition) is 0. The van der Waals surface area contributed by atoms with Crippen LogP contribution in [0.1, 0.15) is 38.8 Å². The summed E-state index contributed by atoms with van der Waals surface area (Å²) in [6.07, 6.45) is 0. The number of alkyl halides is 1. The van der Waals surface area contributed by atoms with Gasteiger partial charge in [0.15, 0.2) is 0 Å². The highest BCUT2D eigenvalue weighted by Gasteiger charge is 2.17. The van der Waals surface area contributed by atoms with Gasteiger partial charge in [0.25, 0.3) is 0 Å². The van der Waals surface area contributed by atoms with Crippen molar-refractivity contribution in [1.29, 1.82) is 0 Å². The summed E-state index contributed by atoms with van der Waals surface area (Å²) in [5.74, 6) is 0. The zero-order chi connectivity index (χ0) is 14.2. The van der Waals surface area contributed by atoms with Gasteiger partial charge in [-0.15, -0.1) is 11.6 Å². The van der Waals surface area contributed by atoms with E-state index in [0.29, 0.717) is 0 Å². The average Bonchev–Trinajstić information content (AvgIpc) is 2.33. The number of halogens is 2. The molecule has 0 heterocycles. The summed E-state index contributed by atoms with van der Waals surface area (Å²) in [5, 5.41) is 0.537. The molecule has 0 aliphatic rings. The molecule has 2 rings (SSSR count). The summed E-state index contributed by atoms with van der Waals surface area (Å²) < 4.78 is 0. The lowest BCUT2D eigenvalue weighted by Gasteiger charge is -2.17. The summed E-state index contributed by atoms with van der Waals surface area (Å²) >= 11 is 13.0. The molecule has 0 nitrogen and oxygen atoms in total. The van der Waals surface area contributed by atoms with Crippen molar-refractivity contribution in [2.24, 2.45) is 0 Å². The van der Waals surface area contributed by atoms with Crippen LogP contribution >= 0.6 is 23.2 Å². The fraction of sp³-hybridized carbons (Fsp3) is 0.294. The Kier molecular flexibility index (Phi) is 4.23. The van der Waals surface area contributed by atoms with Crippen LogP contribution in [0.5, 0.6) is 0 Å². The minimum absolute atomic E-state index is 0.201. The minimum atomic E-state index is -0.201. The van der Waals surface area contributed by atoms with Crippen molar-refractivity contribution >= 4 is 23.2 Å². The molecule has 19 heavy (non-hydrogen) atoms. The molecule has 0 amide bonds. The Hall–Kier alpha value is -0.980. The van der Waals surface area contributed by atoms with E-state index in [9.17, 15) is 0 Å². The zero-order valence-electron chi connectivity index (χ0n) is 11.7. The van der Waals surface area contributed by atoms with E-state index in [1.807, 2.05) is 6.07 Å². The van der Waals surface area contributed by atoms with Gasteiger partial charge in [-0.05, 0) is 61.6 Å². The van der Waals surface area contributed by atoms with Gasteiger partial charge < -0.3 is 0 Å². The second-order valence-corrected chi connectivity index (χ2v) is 6.02. The van der Waals surface area contributed by atoms with Crippen molar-refractivity contribution in [3.63, 3.8) is 0 Å². The Morgan fingerprint density at radius 1 is 0.789 bits per heavy atom. The van der Waals surface area contributed by atoms with E-state index in [1.165, 1.54) is 22.3 Å². The van der Waals surface area contributed by atoms with Gasteiger partial charge in [-0.1, -0.05) is 41.4 Å². The van der Waals surface area contributed by atoms with Crippen LogP contribution in [-0.4, -0.2) is 0 Å². The predicted molar refractivity (Wildman–Crippen MR) is 84.5 cm³/mol. The van der Waals surface area contributed by atoms with Crippen LogP contribution < -0.4 is 0 Å². The standard InChI is InChI=1S/C17H18Cl2/c1-10-5-6-14(13(4)7-10)17(19)15-8-11(2)12(3)9-16(15)18/h5-9,17H,1-4H3. The summed E-state index contributed by atoms with van der Waals surface area (Å²) in [6.45, 7) is 8.32. The monoisotopic (exact) mass is 292 g/mol. The number of rotatable bonds is 2. The van der Waals surface area contributed by atoms with Gasteiger partial charge in [-0.3, -0.25) is 0 Å². The van der Waals surface area contributed by atoms with Crippen LogP contribution in [-0.2, 0) is 0 Å². The quantitative estimate of drug-likeness (QED) is 0.604. The molecule has 2 heteroatoms. The molecule has 0 fully saturated rings. The van der Waals surface area contributed by atoms with E-state index < -0.39 is 0 Å². The van der Waals surface area contributed by atoms with E-state index in [0.717, 1.165) is 16.1 Å². The Labute approximate surface area is 125 Å². The summed E-state index contributed by atoms with van der Waals surface area (Å²) in [4.78, 5) is 0. The first-order valence-corrected chi connectivity index (χ1v) is 7.19. The SMILES string of the molecule is Cc1ccc(C(Cl)c2cc(C)c(C)cc2Cl)c(C)c1. The van der Waals surface area contributed by atoms with Crippen LogP contribution in [0.3, 0.4) is 0 Å². The number of aryl methyl sites for hydroxylation is 4. The molecule has 2 aromatic carbocycles. The Balaban J connectivity index is 2.49. The lowest BCUT2D eigenvalue weighted by molar-refractivity contribution is 1.09. The van der Waals surface area contributed by atoms with Gasteiger partial charge in [0.1, 0.15) is 0 Å². The Morgan fingerprint density at radius 3 is 2.05 bits per heavy atom. The van der Waals surface area contributed by atoms with Crippen LogP contribution in [0.25, 0.3) is 0 Å². The van der Waals surface area contributed by atoms with Gasteiger partial charge >= 0.3 is 0 Å². The van der Waals surface area contributed by atoms with Crippen LogP contribution in [0.2, 0.25) is 5.02 Å². The van der Waals surface area contributed by atoms with Gasteiger partial charge in [0, 0.05) is 5.02 Å².